The Labute approximate surface area is 103 Å². The lowest BCUT2D eigenvalue weighted by atomic mass is 10.0. The minimum Gasteiger partial charge on any atom is -0.393 e. The zero-order valence-electron chi connectivity index (χ0n) is 10.2. The average Bonchev–Trinajstić information content (AvgIpc) is 2.60. The summed E-state index contributed by atoms with van der Waals surface area (Å²) in [5.41, 5.74) is 5.60. The molecule has 0 aromatic heterocycles. The Bertz CT molecular complexity index is 268. The van der Waals surface area contributed by atoms with E-state index in [2.05, 4.69) is 12.2 Å². The summed E-state index contributed by atoms with van der Waals surface area (Å²) in [4.78, 5) is 12.3. The molecule has 1 fully saturated rings. The standard InChI is InChI=1S/C12H22N2OS/c1-3-5-9(11(13)16)12(15)14-10-7-4-6-8(10)2/h8-10H,3-7H2,1-2H3,(H2,13,16)(H,14,15). The molecule has 3 atom stereocenters. The van der Waals surface area contributed by atoms with Crippen molar-refractivity contribution in [1.82, 2.24) is 5.32 Å². The van der Waals surface area contributed by atoms with Crippen LogP contribution in [0.2, 0.25) is 0 Å². The third-order valence-electron chi connectivity index (χ3n) is 3.43. The zero-order chi connectivity index (χ0) is 12.1. The van der Waals surface area contributed by atoms with E-state index in [0.717, 1.165) is 19.3 Å². The normalized spacial score (nSPS) is 26.4. The summed E-state index contributed by atoms with van der Waals surface area (Å²) in [5.74, 6) is 0.318. The molecule has 0 saturated heterocycles. The molecule has 1 saturated carbocycles. The molecule has 3 nitrogen and oxygen atoms in total. The van der Waals surface area contributed by atoms with E-state index in [-0.39, 0.29) is 11.8 Å². The number of rotatable bonds is 5. The summed E-state index contributed by atoms with van der Waals surface area (Å²) < 4.78 is 0. The van der Waals surface area contributed by atoms with E-state index in [1.54, 1.807) is 0 Å². The Morgan fingerprint density at radius 2 is 2.25 bits per heavy atom. The lowest BCUT2D eigenvalue weighted by Gasteiger charge is -2.21. The molecule has 4 heteroatoms. The van der Waals surface area contributed by atoms with Gasteiger partial charge >= 0.3 is 0 Å². The first-order valence-electron chi connectivity index (χ1n) is 6.16. The molecule has 1 rings (SSSR count). The van der Waals surface area contributed by atoms with Crippen LogP contribution in [-0.2, 0) is 4.79 Å². The predicted molar refractivity (Wildman–Crippen MR) is 70.1 cm³/mol. The number of carbonyl (C=O) groups excluding carboxylic acids is 1. The minimum absolute atomic E-state index is 0.0214. The quantitative estimate of drug-likeness (QED) is 0.725. The van der Waals surface area contributed by atoms with Gasteiger partial charge < -0.3 is 11.1 Å². The molecule has 0 aliphatic heterocycles. The first-order chi connectivity index (χ1) is 7.56. The van der Waals surface area contributed by atoms with E-state index in [1.807, 2.05) is 6.92 Å². The number of hydrogen-bond donors (Lipinski definition) is 2. The van der Waals surface area contributed by atoms with Gasteiger partial charge in [0.15, 0.2) is 0 Å². The lowest BCUT2D eigenvalue weighted by molar-refractivity contribution is -0.124. The van der Waals surface area contributed by atoms with Crippen LogP contribution in [0.3, 0.4) is 0 Å². The van der Waals surface area contributed by atoms with Gasteiger partial charge in [0.1, 0.15) is 0 Å². The summed E-state index contributed by atoms with van der Waals surface area (Å²) in [5, 5.41) is 3.09. The molecule has 3 N–H and O–H groups in total. The Kier molecular flexibility index (Phi) is 5.19. The van der Waals surface area contributed by atoms with Gasteiger partial charge in [-0.3, -0.25) is 4.79 Å². The van der Waals surface area contributed by atoms with E-state index in [9.17, 15) is 4.79 Å². The van der Waals surface area contributed by atoms with Crippen molar-refractivity contribution in [3.63, 3.8) is 0 Å². The molecule has 1 aliphatic carbocycles. The molecule has 0 spiro atoms. The van der Waals surface area contributed by atoms with Crippen LogP contribution >= 0.6 is 12.2 Å². The maximum atomic E-state index is 12.0. The number of carbonyl (C=O) groups is 1. The monoisotopic (exact) mass is 242 g/mol. The summed E-state index contributed by atoms with van der Waals surface area (Å²) >= 11 is 4.95. The van der Waals surface area contributed by atoms with E-state index >= 15 is 0 Å². The van der Waals surface area contributed by atoms with Crippen molar-refractivity contribution in [3.05, 3.63) is 0 Å². The number of nitrogens with two attached hydrogens (primary N) is 1. The van der Waals surface area contributed by atoms with Gasteiger partial charge in [0, 0.05) is 6.04 Å². The third-order valence-corrected chi connectivity index (χ3v) is 3.71. The van der Waals surface area contributed by atoms with Gasteiger partial charge in [0.2, 0.25) is 5.91 Å². The highest BCUT2D eigenvalue weighted by molar-refractivity contribution is 7.80. The van der Waals surface area contributed by atoms with Crippen molar-refractivity contribution in [2.45, 2.75) is 52.0 Å². The summed E-state index contributed by atoms with van der Waals surface area (Å²) in [6.07, 6.45) is 5.18. The van der Waals surface area contributed by atoms with Crippen LogP contribution in [0.15, 0.2) is 0 Å². The van der Waals surface area contributed by atoms with E-state index in [0.29, 0.717) is 16.9 Å². The highest BCUT2D eigenvalue weighted by Crippen LogP contribution is 2.25. The van der Waals surface area contributed by atoms with Crippen LogP contribution in [-0.4, -0.2) is 16.9 Å². The second-order valence-electron chi connectivity index (χ2n) is 4.77. The maximum absolute atomic E-state index is 12.0. The van der Waals surface area contributed by atoms with Gasteiger partial charge in [0.25, 0.3) is 0 Å². The third kappa shape index (κ3) is 3.44. The van der Waals surface area contributed by atoms with Gasteiger partial charge in [-0.25, -0.2) is 0 Å². The molecule has 0 aromatic rings. The molecule has 0 bridgehead atoms. The summed E-state index contributed by atoms with van der Waals surface area (Å²) in [7, 11) is 0. The maximum Gasteiger partial charge on any atom is 0.230 e. The Balaban J connectivity index is 2.51. The predicted octanol–water partition coefficient (Wildman–Crippen LogP) is 1.99. The fourth-order valence-electron chi connectivity index (χ4n) is 2.33. The van der Waals surface area contributed by atoms with Gasteiger partial charge in [-0.15, -0.1) is 0 Å². The van der Waals surface area contributed by atoms with Crippen molar-refractivity contribution in [2.75, 3.05) is 0 Å². The van der Waals surface area contributed by atoms with Crippen LogP contribution in [0.4, 0.5) is 0 Å². The Morgan fingerprint density at radius 3 is 2.69 bits per heavy atom. The second-order valence-corrected chi connectivity index (χ2v) is 5.24. The minimum atomic E-state index is -0.284. The Hall–Kier alpha value is -0.640. The molecule has 0 heterocycles. The largest absolute Gasteiger partial charge is 0.393 e. The molecule has 3 unspecified atom stereocenters. The van der Waals surface area contributed by atoms with Crippen molar-refractivity contribution in [3.8, 4) is 0 Å². The fourth-order valence-corrected chi connectivity index (χ4v) is 2.56. The number of amides is 1. The van der Waals surface area contributed by atoms with E-state index < -0.39 is 0 Å². The topological polar surface area (TPSA) is 55.1 Å². The molecule has 92 valence electrons. The van der Waals surface area contributed by atoms with Crippen molar-refractivity contribution >= 4 is 23.1 Å². The molecule has 0 aromatic carbocycles. The highest BCUT2D eigenvalue weighted by Gasteiger charge is 2.28. The fraction of sp³-hybridized carbons (Fsp3) is 0.833. The molecular weight excluding hydrogens is 220 g/mol. The zero-order valence-corrected chi connectivity index (χ0v) is 11.0. The smallest absolute Gasteiger partial charge is 0.230 e. The first kappa shape index (κ1) is 13.4. The van der Waals surface area contributed by atoms with E-state index in [1.165, 1.54) is 12.8 Å². The molecular formula is C12H22N2OS. The molecule has 16 heavy (non-hydrogen) atoms. The SMILES string of the molecule is CCCC(C(=O)NC1CCCC1C)C(N)=S. The lowest BCUT2D eigenvalue weighted by Crippen LogP contribution is -2.43. The second kappa shape index (κ2) is 6.18. The van der Waals surface area contributed by atoms with E-state index in [4.69, 9.17) is 18.0 Å². The highest BCUT2D eigenvalue weighted by atomic mass is 32.1. The number of hydrogen-bond acceptors (Lipinski definition) is 2. The molecule has 1 amide bonds. The van der Waals surface area contributed by atoms with Crippen LogP contribution < -0.4 is 11.1 Å². The van der Waals surface area contributed by atoms with Crippen molar-refractivity contribution in [1.29, 1.82) is 0 Å². The number of thiocarbonyl (C=S) groups is 1. The number of nitrogens with one attached hydrogen (secondary N) is 1. The summed E-state index contributed by atoms with van der Waals surface area (Å²) in [6.45, 7) is 4.23. The summed E-state index contributed by atoms with van der Waals surface area (Å²) in [6, 6.07) is 0.321. The van der Waals surface area contributed by atoms with Gasteiger partial charge in [-0.1, -0.05) is 38.9 Å². The first-order valence-corrected chi connectivity index (χ1v) is 6.56. The van der Waals surface area contributed by atoms with Crippen LogP contribution in [0.1, 0.15) is 46.0 Å². The molecule has 1 aliphatic rings. The van der Waals surface area contributed by atoms with Gasteiger partial charge in [-0.2, -0.15) is 0 Å². The van der Waals surface area contributed by atoms with Crippen LogP contribution in [0.25, 0.3) is 0 Å². The average molecular weight is 242 g/mol. The Morgan fingerprint density at radius 1 is 1.56 bits per heavy atom. The van der Waals surface area contributed by atoms with Crippen LogP contribution in [0.5, 0.6) is 0 Å². The van der Waals surface area contributed by atoms with Gasteiger partial charge in [-0.05, 0) is 25.2 Å². The molecule has 0 radical (unpaired) electrons. The van der Waals surface area contributed by atoms with Gasteiger partial charge in [0.05, 0.1) is 10.9 Å². The van der Waals surface area contributed by atoms with Crippen molar-refractivity contribution < 1.29 is 4.79 Å². The van der Waals surface area contributed by atoms with Crippen molar-refractivity contribution in [2.24, 2.45) is 17.6 Å². The van der Waals surface area contributed by atoms with Crippen LogP contribution in [0, 0.1) is 11.8 Å².